The van der Waals surface area contributed by atoms with Crippen LogP contribution in [0.2, 0.25) is 0 Å². The largest absolute Gasteiger partial charge is 0.389 e. The molecule has 4 nitrogen and oxygen atoms in total. The van der Waals surface area contributed by atoms with Crippen LogP contribution < -0.4 is 11.1 Å². The minimum absolute atomic E-state index is 0.0609. The third kappa shape index (κ3) is 5.26. The average molecular weight is 345 g/mol. The standard InChI is InChI=1S/C13H17BrN2O2S/c1-8(18-2)3-6-12(17)16-11-5-4-9(14)7-10(11)13(15)19/h4-5,7-8H,3,6H2,1-2H3,(H2,15,19)(H,16,17). The van der Waals surface area contributed by atoms with E-state index in [0.717, 1.165) is 4.47 Å². The van der Waals surface area contributed by atoms with Gasteiger partial charge >= 0.3 is 0 Å². The topological polar surface area (TPSA) is 64.3 Å². The number of nitrogens with one attached hydrogen (secondary N) is 1. The first-order chi connectivity index (χ1) is 8.93. The normalized spacial score (nSPS) is 11.9. The molecule has 104 valence electrons. The average Bonchev–Trinajstić information content (AvgIpc) is 2.37. The molecule has 0 aliphatic rings. The molecule has 0 fully saturated rings. The first-order valence-electron chi connectivity index (χ1n) is 5.86. The van der Waals surface area contributed by atoms with E-state index in [1.807, 2.05) is 13.0 Å². The van der Waals surface area contributed by atoms with Gasteiger partial charge in [0.05, 0.1) is 11.8 Å². The Morgan fingerprint density at radius 1 is 1.58 bits per heavy atom. The number of methoxy groups -OCH3 is 1. The Morgan fingerprint density at radius 3 is 2.84 bits per heavy atom. The second-order valence-corrected chi connectivity index (χ2v) is 5.54. The van der Waals surface area contributed by atoms with Crippen LogP contribution in [0.15, 0.2) is 22.7 Å². The Kier molecular flexibility index (Phi) is 6.41. The second kappa shape index (κ2) is 7.57. The molecule has 0 aliphatic carbocycles. The van der Waals surface area contributed by atoms with Crippen LogP contribution in [0.25, 0.3) is 0 Å². The highest BCUT2D eigenvalue weighted by molar-refractivity contribution is 9.10. The summed E-state index contributed by atoms with van der Waals surface area (Å²) in [4.78, 5) is 12.1. The first kappa shape index (κ1) is 16.1. The van der Waals surface area contributed by atoms with Crippen molar-refractivity contribution in [1.29, 1.82) is 0 Å². The molecule has 6 heteroatoms. The Labute approximate surface area is 126 Å². The summed E-state index contributed by atoms with van der Waals surface area (Å²) in [6, 6.07) is 5.39. The highest BCUT2D eigenvalue weighted by atomic mass is 79.9. The maximum Gasteiger partial charge on any atom is 0.224 e. The van der Waals surface area contributed by atoms with Crippen molar-refractivity contribution in [1.82, 2.24) is 0 Å². The summed E-state index contributed by atoms with van der Waals surface area (Å²) in [7, 11) is 1.63. The van der Waals surface area contributed by atoms with Gasteiger partial charge in [0.25, 0.3) is 0 Å². The second-order valence-electron chi connectivity index (χ2n) is 4.19. The number of nitrogens with two attached hydrogens (primary N) is 1. The predicted octanol–water partition coefficient (Wildman–Crippen LogP) is 2.84. The van der Waals surface area contributed by atoms with Gasteiger partial charge in [0.1, 0.15) is 4.99 Å². The molecular formula is C13H17BrN2O2S. The summed E-state index contributed by atoms with van der Waals surface area (Å²) < 4.78 is 5.96. The van der Waals surface area contributed by atoms with E-state index in [9.17, 15) is 4.79 Å². The van der Waals surface area contributed by atoms with Crippen LogP contribution in [-0.2, 0) is 9.53 Å². The number of hydrogen-bond acceptors (Lipinski definition) is 3. The Balaban J connectivity index is 2.71. The zero-order chi connectivity index (χ0) is 14.4. The molecule has 19 heavy (non-hydrogen) atoms. The molecule has 0 spiro atoms. The number of anilines is 1. The molecule has 0 radical (unpaired) electrons. The Morgan fingerprint density at radius 2 is 2.26 bits per heavy atom. The fourth-order valence-electron chi connectivity index (χ4n) is 1.49. The van der Waals surface area contributed by atoms with Crippen molar-refractivity contribution < 1.29 is 9.53 Å². The van der Waals surface area contributed by atoms with Crippen LogP contribution in [0.3, 0.4) is 0 Å². The molecule has 1 aromatic carbocycles. The summed E-state index contributed by atoms with van der Waals surface area (Å²) in [6.45, 7) is 1.92. The summed E-state index contributed by atoms with van der Waals surface area (Å²) in [6.07, 6.45) is 1.12. The molecule has 0 bridgehead atoms. The molecule has 0 saturated heterocycles. The van der Waals surface area contributed by atoms with E-state index in [-0.39, 0.29) is 17.0 Å². The number of carbonyl (C=O) groups is 1. The zero-order valence-electron chi connectivity index (χ0n) is 10.9. The molecule has 0 heterocycles. The van der Waals surface area contributed by atoms with Crippen LogP contribution in [-0.4, -0.2) is 24.1 Å². The van der Waals surface area contributed by atoms with Crippen LogP contribution in [0.4, 0.5) is 5.69 Å². The van der Waals surface area contributed by atoms with Crippen LogP contribution in [0, 0.1) is 0 Å². The highest BCUT2D eigenvalue weighted by Crippen LogP contribution is 2.21. The maximum atomic E-state index is 11.8. The number of thiocarbonyl (C=S) groups is 1. The van der Waals surface area contributed by atoms with Crippen LogP contribution in [0.5, 0.6) is 0 Å². The molecule has 0 aromatic heterocycles. The van der Waals surface area contributed by atoms with Gasteiger partial charge in [-0.3, -0.25) is 4.79 Å². The Bertz CT molecular complexity index is 480. The van der Waals surface area contributed by atoms with E-state index in [4.69, 9.17) is 22.7 Å². The third-order valence-corrected chi connectivity index (χ3v) is 3.41. The van der Waals surface area contributed by atoms with E-state index < -0.39 is 0 Å². The van der Waals surface area contributed by atoms with Gasteiger partial charge in [0.15, 0.2) is 0 Å². The molecule has 0 aliphatic heterocycles. The first-order valence-corrected chi connectivity index (χ1v) is 7.06. The zero-order valence-corrected chi connectivity index (χ0v) is 13.3. The fraction of sp³-hybridized carbons (Fsp3) is 0.385. The van der Waals surface area contributed by atoms with Gasteiger partial charge in [0, 0.05) is 23.6 Å². The van der Waals surface area contributed by atoms with Gasteiger partial charge in [-0.1, -0.05) is 28.1 Å². The number of amides is 1. The van der Waals surface area contributed by atoms with Gasteiger partial charge in [-0.2, -0.15) is 0 Å². The summed E-state index contributed by atoms with van der Waals surface area (Å²) in [5, 5.41) is 2.82. The molecular weight excluding hydrogens is 328 g/mol. The predicted molar refractivity (Wildman–Crippen MR) is 84.4 cm³/mol. The van der Waals surface area contributed by atoms with Crippen molar-refractivity contribution in [2.75, 3.05) is 12.4 Å². The van der Waals surface area contributed by atoms with Crippen molar-refractivity contribution in [3.63, 3.8) is 0 Å². The molecule has 0 saturated carbocycles. The van der Waals surface area contributed by atoms with Gasteiger partial charge in [0.2, 0.25) is 5.91 Å². The maximum absolute atomic E-state index is 11.8. The number of ether oxygens (including phenoxy) is 1. The smallest absolute Gasteiger partial charge is 0.224 e. The summed E-state index contributed by atoms with van der Waals surface area (Å²) >= 11 is 8.32. The SMILES string of the molecule is COC(C)CCC(=O)Nc1ccc(Br)cc1C(N)=S. The summed E-state index contributed by atoms with van der Waals surface area (Å²) in [5.74, 6) is -0.0799. The molecule has 1 aromatic rings. The number of hydrogen-bond donors (Lipinski definition) is 2. The van der Waals surface area contributed by atoms with E-state index in [1.165, 1.54) is 0 Å². The van der Waals surface area contributed by atoms with Crippen LogP contribution in [0.1, 0.15) is 25.3 Å². The van der Waals surface area contributed by atoms with Gasteiger partial charge in [-0.05, 0) is 31.5 Å². The fourth-order valence-corrected chi connectivity index (χ4v) is 2.02. The molecule has 1 atom stereocenters. The number of halogens is 1. The van der Waals surface area contributed by atoms with Crippen molar-refractivity contribution >= 4 is 44.7 Å². The minimum atomic E-state index is -0.0799. The summed E-state index contributed by atoms with van der Waals surface area (Å²) in [5.41, 5.74) is 6.92. The lowest BCUT2D eigenvalue weighted by atomic mass is 10.1. The monoisotopic (exact) mass is 344 g/mol. The van der Waals surface area contributed by atoms with Crippen molar-refractivity contribution in [2.45, 2.75) is 25.9 Å². The van der Waals surface area contributed by atoms with Crippen molar-refractivity contribution in [2.24, 2.45) is 5.73 Å². The van der Waals surface area contributed by atoms with E-state index >= 15 is 0 Å². The number of rotatable bonds is 6. The number of benzene rings is 1. The van der Waals surface area contributed by atoms with Crippen molar-refractivity contribution in [3.8, 4) is 0 Å². The van der Waals surface area contributed by atoms with E-state index in [1.54, 1.807) is 19.2 Å². The van der Waals surface area contributed by atoms with E-state index in [2.05, 4.69) is 21.2 Å². The molecule has 1 amide bonds. The van der Waals surface area contributed by atoms with Crippen molar-refractivity contribution in [3.05, 3.63) is 28.2 Å². The van der Waals surface area contributed by atoms with Crippen LogP contribution >= 0.6 is 28.1 Å². The number of carbonyl (C=O) groups excluding carboxylic acids is 1. The lowest BCUT2D eigenvalue weighted by Gasteiger charge is -2.12. The lowest BCUT2D eigenvalue weighted by Crippen LogP contribution is -2.18. The lowest BCUT2D eigenvalue weighted by molar-refractivity contribution is -0.116. The minimum Gasteiger partial charge on any atom is -0.389 e. The quantitative estimate of drug-likeness (QED) is 0.779. The Hall–Kier alpha value is -0.980. The highest BCUT2D eigenvalue weighted by Gasteiger charge is 2.10. The molecule has 1 rings (SSSR count). The van der Waals surface area contributed by atoms with E-state index in [0.29, 0.717) is 24.1 Å². The molecule has 3 N–H and O–H groups in total. The van der Waals surface area contributed by atoms with Gasteiger partial charge < -0.3 is 15.8 Å². The van der Waals surface area contributed by atoms with Gasteiger partial charge in [-0.25, -0.2) is 0 Å². The molecule has 1 unspecified atom stereocenters. The van der Waals surface area contributed by atoms with Gasteiger partial charge in [-0.15, -0.1) is 0 Å². The third-order valence-electron chi connectivity index (χ3n) is 2.70.